The van der Waals surface area contributed by atoms with Crippen molar-refractivity contribution in [2.45, 2.75) is 0 Å². The number of hydrogen-bond acceptors (Lipinski definition) is 1. The molecular formula is C36H22N2O. The minimum absolute atomic E-state index is 0.909. The zero-order chi connectivity index (χ0) is 25.5. The van der Waals surface area contributed by atoms with Crippen LogP contribution in [0.5, 0.6) is 0 Å². The van der Waals surface area contributed by atoms with Crippen LogP contribution in [0, 0.1) is 0 Å². The van der Waals surface area contributed by atoms with Gasteiger partial charge < -0.3 is 13.6 Å². The van der Waals surface area contributed by atoms with E-state index in [1.807, 2.05) is 6.07 Å². The lowest BCUT2D eigenvalue weighted by molar-refractivity contribution is 0.669. The zero-order valence-corrected chi connectivity index (χ0v) is 21.0. The van der Waals surface area contributed by atoms with E-state index >= 15 is 0 Å². The second-order valence-electron chi connectivity index (χ2n) is 10.2. The zero-order valence-electron chi connectivity index (χ0n) is 21.0. The van der Waals surface area contributed by atoms with Crippen LogP contribution in [-0.4, -0.2) is 9.13 Å². The number of nitrogens with zero attached hydrogens (tertiary/aromatic N) is 2. The lowest BCUT2D eigenvalue weighted by atomic mass is 10.0. The summed E-state index contributed by atoms with van der Waals surface area (Å²) in [6.45, 7) is 0. The van der Waals surface area contributed by atoms with Crippen molar-refractivity contribution in [2.75, 3.05) is 0 Å². The monoisotopic (exact) mass is 498 g/mol. The van der Waals surface area contributed by atoms with E-state index in [1.165, 1.54) is 38.1 Å². The summed E-state index contributed by atoms with van der Waals surface area (Å²) in [5.41, 5.74) is 8.88. The fourth-order valence-corrected chi connectivity index (χ4v) is 6.49. The van der Waals surface area contributed by atoms with E-state index in [0.29, 0.717) is 0 Å². The van der Waals surface area contributed by atoms with E-state index in [0.717, 1.165) is 38.8 Å². The third-order valence-electron chi connectivity index (χ3n) is 8.09. The van der Waals surface area contributed by atoms with Gasteiger partial charge in [0.2, 0.25) is 0 Å². The maximum Gasteiger partial charge on any atom is 0.137 e. The summed E-state index contributed by atoms with van der Waals surface area (Å²) in [5.74, 6) is 0. The first-order chi connectivity index (χ1) is 19.4. The van der Waals surface area contributed by atoms with Crippen LogP contribution in [0.2, 0.25) is 0 Å². The van der Waals surface area contributed by atoms with E-state index in [2.05, 4.69) is 137 Å². The molecule has 0 amide bonds. The van der Waals surface area contributed by atoms with Gasteiger partial charge in [0, 0.05) is 49.8 Å². The molecule has 0 aliphatic heterocycles. The van der Waals surface area contributed by atoms with Crippen LogP contribution < -0.4 is 0 Å². The largest absolute Gasteiger partial charge is 0.456 e. The molecule has 39 heavy (non-hydrogen) atoms. The SMILES string of the molecule is c1ccc(-n2c3ccccc3c3c4c5cc6c(cc5n(-c5ccccc5)c4ccc32)oc2ccccc26)cc1. The predicted octanol–water partition coefficient (Wildman–Crippen LogP) is 9.78. The van der Waals surface area contributed by atoms with Crippen LogP contribution in [-0.2, 0) is 0 Å². The molecule has 9 aromatic rings. The third kappa shape index (κ3) is 2.76. The number of hydrogen-bond donors (Lipinski definition) is 0. The molecule has 9 rings (SSSR count). The number of rotatable bonds is 2. The fourth-order valence-electron chi connectivity index (χ4n) is 6.49. The minimum atomic E-state index is 0.909. The standard InChI is InChI=1S/C36H22N2O/c1-3-11-23(12-4-1)37-29-17-9-7-16-26(29)35-30(37)19-20-31-36(35)28-21-27-25-15-8-10-18-33(25)39-34(27)22-32(28)38(31)24-13-5-2-6-14-24/h1-22H. The molecule has 0 unspecified atom stereocenters. The molecule has 0 spiro atoms. The first-order valence-corrected chi connectivity index (χ1v) is 13.3. The van der Waals surface area contributed by atoms with E-state index in [4.69, 9.17) is 4.42 Å². The molecule has 0 aliphatic rings. The van der Waals surface area contributed by atoms with Gasteiger partial charge in [-0.25, -0.2) is 0 Å². The molecule has 0 N–H and O–H groups in total. The fraction of sp³-hybridized carbons (Fsp3) is 0. The van der Waals surface area contributed by atoms with E-state index in [9.17, 15) is 0 Å². The van der Waals surface area contributed by atoms with Gasteiger partial charge in [-0.1, -0.05) is 72.8 Å². The average molecular weight is 499 g/mol. The molecule has 3 aromatic heterocycles. The van der Waals surface area contributed by atoms with Crippen LogP contribution in [0.15, 0.2) is 138 Å². The van der Waals surface area contributed by atoms with Gasteiger partial charge in [-0.05, 0) is 54.6 Å². The highest BCUT2D eigenvalue weighted by molar-refractivity contribution is 6.30. The van der Waals surface area contributed by atoms with Crippen molar-refractivity contribution in [2.24, 2.45) is 0 Å². The molecule has 6 aromatic carbocycles. The summed E-state index contributed by atoms with van der Waals surface area (Å²) < 4.78 is 11.1. The van der Waals surface area contributed by atoms with Crippen molar-refractivity contribution in [1.82, 2.24) is 9.13 Å². The van der Waals surface area contributed by atoms with Crippen LogP contribution >= 0.6 is 0 Å². The highest BCUT2D eigenvalue weighted by Gasteiger charge is 2.21. The quantitative estimate of drug-likeness (QED) is 0.233. The molecule has 182 valence electrons. The van der Waals surface area contributed by atoms with Crippen LogP contribution in [0.1, 0.15) is 0 Å². The first-order valence-electron chi connectivity index (χ1n) is 13.3. The van der Waals surface area contributed by atoms with Gasteiger partial charge in [-0.2, -0.15) is 0 Å². The Balaban J connectivity index is 1.55. The molecule has 3 nitrogen and oxygen atoms in total. The van der Waals surface area contributed by atoms with Gasteiger partial charge in [-0.3, -0.25) is 0 Å². The van der Waals surface area contributed by atoms with Gasteiger partial charge in [0.25, 0.3) is 0 Å². The van der Waals surface area contributed by atoms with E-state index in [1.54, 1.807) is 0 Å². The van der Waals surface area contributed by atoms with Crippen molar-refractivity contribution in [3.05, 3.63) is 133 Å². The van der Waals surface area contributed by atoms with E-state index in [-0.39, 0.29) is 0 Å². The molecular weight excluding hydrogens is 476 g/mol. The first kappa shape index (κ1) is 20.7. The Labute approximate surface area is 223 Å². The average Bonchev–Trinajstić information content (AvgIpc) is 3.64. The lowest BCUT2D eigenvalue weighted by Gasteiger charge is -2.09. The Morgan fingerprint density at radius 1 is 0.359 bits per heavy atom. The number of furan rings is 1. The summed E-state index contributed by atoms with van der Waals surface area (Å²) in [6, 6.07) is 47.5. The van der Waals surface area contributed by atoms with Crippen molar-refractivity contribution >= 4 is 65.6 Å². The highest BCUT2D eigenvalue weighted by Crippen LogP contribution is 2.44. The summed E-state index contributed by atoms with van der Waals surface area (Å²) >= 11 is 0. The molecule has 0 saturated heterocycles. The summed E-state index contributed by atoms with van der Waals surface area (Å²) in [6.07, 6.45) is 0. The van der Waals surface area contributed by atoms with Gasteiger partial charge >= 0.3 is 0 Å². The van der Waals surface area contributed by atoms with Crippen LogP contribution in [0.25, 0.3) is 76.9 Å². The molecule has 0 saturated carbocycles. The third-order valence-corrected chi connectivity index (χ3v) is 8.09. The number of benzene rings is 6. The molecule has 3 heterocycles. The Morgan fingerprint density at radius 2 is 0.923 bits per heavy atom. The van der Waals surface area contributed by atoms with Crippen molar-refractivity contribution < 1.29 is 4.42 Å². The molecule has 0 atom stereocenters. The summed E-state index contributed by atoms with van der Waals surface area (Å²) in [4.78, 5) is 0. The summed E-state index contributed by atoms with van der Waals surface area (Å²) in [5, 5.41) is 7.33. The lowest BCUT2D eigenvalue weighted by Crippen LogP contribution is -1.94. The molecule has 0 aliphatic carbocycles. The molecule has 3 heteroatoms. The maximum absolute atomic E-state index is 6.35. The van der Waals surface area contributed by atoms with E-state index < -0.39 is 0 Å². The van der Waals surface area contributed by atoms with Gasteiger partial charge in [-0.15, -0.1) is 0 Å². The highest BCUT2D eigenvalue weighted by atomic mass is 16.3. The second kappa shape index (κ2) is 7.62. The number of aromatic nitrogens is 2. The molecule has 0 radical (unpaired) electrons. The molecule has 0 bridgehead atoms. The Bertz CT molecular complexity index is 2370. The topological polar surface area (TPSA) is 23.0 Å². The van der Waals surface area contributed by atoms with Gasteiger partial charge in [0.15, 0.2) is 0 Å². The Morgan fingerprint density at radius 3 is 1.64 bits per heavy atom. The number of para-hydroxylation sites is 4. The van der Waals surface area contributed by atoms with Gasteiger partial charge in [0.05, 0.1) is 22.1 Å². The van der Waals surface area contributed by atoms with Crippen LogP contribution in [0.3, 0.4) is 0 Å². The molecule has 0 fully saturated rings. The van der Waals surface area contributed by atoms with Crippen LogP contribution in [0.4, 0.5) is 0 Å². The second-order valence-corrected chi connectivity index (χ2v) is 10.2. The predicted molar refractivity (Wildman–Crippen MR) is 162 cm³/mol. The normalized spacial score (nSPS) is 12.1. The van der Waals surface area contributed by atoms with Gasteiger partial charge in [0.1, 0.15) is 11.2 Å². The minimum Gasteiger partial charge on any atom is -0.456 e. The van der Waals surface area contributed by atoms with Crippen molar-refractivity contribution in [1.29, 1.82) is 0 Å². The maximum atomic E-state index is 6.35. The smallest absolute Gasteiger partial charge is 0.137 e. The van der Waals surface area contributed by atoms with Crippen molar-refractivity contribution in [3.8, 4) is 11.4 Å². The Hall–Kier alpha value is -5.28. The number of fused-ring (bicyclic) bond motifs is 10. The Kier molecular flexibility index (Phi) is 4.05. The van der Waals surface area contributed by atoms with Crippen molar-refractivity contribution in [3.63, 3.8) is 0 Å². The summed E-state index contributed by atoms with van der Waals surface area (Å²) in [7, 11) is 0.